The van der Waals surface area contributed by atoms with E-state index in [9.17, 15) is 0 Å². The summed E-state index contributed by atoms with van der Waals surface area (Å²) in [5.74, 6) is 0. The van der Waals surface area contributed by atoms with Gasteiger partial charge in [-0.15, -0.1) is 0 Å². The Morgan fingerprint density at radius 3 is 0.840 bits per heavy atom. The fourth-order valence-electron chi connectivity index (χ4n) is 19.5. The van der Waals surface area contributed by atoms with Gasteiger partial charge in [0.25, 0.3) is 0 Å². The zero-order valence-electron chi connectivity index (χ0n) is 61.4. The third kappa shape index (κ3) is 18.6. The number of nitrogens with zero attached hydrogens (tertiary/aromatic N) is 9. The molecule has 0 radical (unpaired) electrons. The Morgan fingerprint density at radius 1 is 0.351 bits per heavy atom. The van der Waals surface area contributed by atoms with E-state index in [-0.39, 0.29) is 0 Å². The molecule has 94 heavy (non-hydrogen) atoms. The van der Waals surface area contributed by atoms with Crippen molar-refractivity contribution >= 4 is 18.2 Å². The molecule has 11 nitrogen and oxygen atoms in total. The van der Waals surface area contributed by atoms with E-state index in [1.165, 1.54) is 162 Å². The average Bonchev–Trinajstić information content (AvgIpc) is 1.67. The second-order valence-electron chi connectivity index (χ2n) is 31.6. The van der Waals surface area contributed by atoms with Crippen molar-refractivity contribution in [3.63, 3.8) is 0 Å². The summed E-state index contributed by atoms with van der Waals surface area (Å²) in [6, 6.07) is 38.0. The molecular formula is C83H133N9O2. The largest absolute Gasteiger partial charge is 0.379 e. The van der Waals surface area contributed by atoms with Gasteiger partial charge in [0.15, 0.2) is 0 Å². The number of hydrogen-bond acceptors (Lipinski definition) is 11. The van der Waals surface area contributed by atoms with Crippen LogP contribution in [-0.4, -0.2) is 221 Å². The Kier molecular flexibility index (Phi) is 27.6. The third-order valence-electron chi connectivity index (χ3n) is 23.9. The molecule has 12 rings (SSSR count). The molecule has 9 aliphatic rings. The number of ether oxygens (including phenoxy) is 2. The van der Waals surface area contributed by atoms with Gasteiger partial charge in [-0.25, -0.2) is 0 Å². The van der Waals surface area contributed by atoms with Gasteiger partial charge in [0, 0.05) is 149 Å². The first-order valence-electron chi connectivity index (χ1n) is 38.6. The smallest absolute Gasteiger partial charge is 0.0594 e. The van der Waals surface area contributed by atoms with Crippen molar-refractivity contribution in [1.29, 1.82) is 0 Å². The first-order chi connectivity index (χ1) is 45.6. The maximum atomic E-state index is 5.57. The maximum Gasteiger partial charge on any atom is 0.0594 e. The molecule has 6 unspecified atom stereocenters. The summed E-state index contributed by atoms with van der Waals surface area (Å²) >= 11 is 0. The van der Waals surface area contributed by atoms with Crippen molar-refractivity contribution in [3.8, 4) is 0 Å². The standard InChI is InChI=1S/C37H59N3.C25H43N3.C21H31N3O2/c1-3-29-24-26-30(27-25-29)28-38(2)35-36(39(31-16-8-4-9-17-31)32-18-10-5-11-19-32)37(35)40(33-20-12-6-13-21-33)34-22-14-7-15-23-34;1-11-21-12-14-22(15-13-21)16-26(10)23-24(27(17(2)3)18(4)5)25(23)28(19(6)7)20(8)9;1-3-17-4-6-18(7-5-17)16-22(2)19-20(23-8-12-25-13-9-23)21(19)24-10-14-26-15-11-24/h3,24-27,31-37H,1,4-23,28H2,2H3;11-15,17-20,23-25H,1,16H2,2-10H3;3-7,19-21H,1,8-16H2,2H3. The molecule has 9 fully saturated rings. The molecule has 0 spiro atoms. The van der Waals surface area contributed by atoms with Gasteiger partial charge in [0.1, 0.15) is 0 Å². The van der Waals surface area contributed by atoms with E-state index in [4.69, 9.17) is 9.47 Å². The molecule has 3 aromatic rings. The van der Waals surface area contributed by atoms with Crippen molar-refractivity contribution in [1.82, 2.24) is 44.1 Å². The van der Waals surface area contributed by atoms with E-state index in [2.05, 4.69) is 213 Å². The molecule has 522 valence electrons. The Balaban J connectivity index is 0.000000159. The van der Waals surface area contributed by atoms with Crippen LogP contribution in [0.2, 0.25) is 0 Å². The van der Waals surface area contributed by atoms with Crippen LogP contribution >= 0.6 is 0 Å². The normalized spacial score (nSPS) is 27.8. The molecule has 2 aliphatic heterocycles. The van der Waals surface area contributed by atoms with Gasteiger partial charge < -0.3 is 9.47 Å². The van der Waals surface area contributed by atoms with Crippen LogP contribution in [0, 0.1) is 0 Å². The van der Waals surface area contributed by atoms with Crippen LogP contribution < -0.4 is 0 Å². The highest BCUT2D eigenvalue weighted by Crippen LogP contribution is 2.49. The lowest BCUT2D eigenvalue weighted by Gasteiger charge is -2.45. The van der Waals surface area contributed by atoms with Gasteiger partial charge in [-0.05, 0) is 161 Å². The summed E-state index contributed by atoms with van der Waals surface area (Å²) in [6.45, 7) is 41.2. The van der Waals surface area contributed by atoms with E-state index in [1.807, 2.05) is 18.2 Å². The molecule has 0 bridgehead atoms. The number of likely N-dealkylation sites (N-methyl/N-ethyl adjacent to an activating group) is 3. The van der Waals surface area contributed by atoms with E-state index in [0.29, 0.717) is 66.5 Å². The van der Waals surface area contributed by atoms with Crippen molar-refractivity contribution in [3.05, 3.63) is 126 Å². The van der Waals surface area contributed by atoms with E-state index < -0.39 is 0 Å². The van der Waals surface area contributed by atoms with E-state index in [0.717, 1.165) is 108 Å². The van der Waals surface area contributed by atoms with Gasteiger partial charge in [-0.2, -0.15) is 0 Å². The maximum absolute atomic E-state index is 5.57. The van der Waals surface area contributed by atoms with Crippen LogP contribution in [0.15, 0.2) is 92.5 Å². The number of hydrogen-bond donors (Lipinski definition) is 0. The van der Waals surface area contributed by atoms with Crippen LogP contribution in [0.5, 0.6) is 0 Å². The van der Waals surface area contributed by atoms with Crippen LogP contribution in [0.4, 0.5) is 0 Å². The summed E-state index contributed by atoms with van der Waals surface area (Å²) in [7, 11) is 7.05. The molecule has 2 saturated heterocycles. The first-order valence-corrected chi connectivity index (χ1v) is 38.6. The minimum atomic E-state index is 0.555. The Morgan fingerprint density at radius 2 is 0.596 bits per heavy atom. The van der Waals surface area contributed by atoms with Crippen molar-refractivity contribution in [2.45, 2.75) is 306 Å². The molecule has 7 saturated carbocycles. The number of morpholine rings is 2. The molecule has 0 amide bonds. The number of benzene rings is 3. The van der Waals surface area contributed by atoms with Crippen molar-refractivity contribution < 1.29 is 9.47 Å². The lowest BCUT2D eigenvalue weighted by Crippen LogP contribution is -2.52. The first kappa shape index (κ1) is 73.2. The fourth-order valence-corrected chi connectivity index (χ4v) is 19.5. The number of rotatable bonds is 26. The highest BCUT2D eigenvalue weighted by molar-refractivity contribution is 5.49. The minimum Gasteiger partial charge on any atom is -0.379 e. The van der Waals surface area contributed by atoms with Crippen molar-refractivity contribution in [2.75, 3.05) is 73.7 Å². The highest BCUT2D eigenvalue weighted by atomic mass is 16.5. The predicted octanol–water partition coefficient (Wildman–Crippen LogP) is 15.5. The monoisotopic (exact) mass is 1290 g/mol. The summed E-state index contributed by atoms with van der Waals surface area (Å²) in [6.07, 6.45) is 34.9. The Hall–Kier alpha value is -3.56. The van der Waals surface area contributed by atoms with Gasteiger partial charge in [-0.3, -0.25) is 44.1 Å². The van der Waals surface area contributed by atoms with Crippen LogP contribution in [0.1, 0.15) is 217 Å². The van der Waals surface area contributed by atoms with Crippen LogP contribution in [0.3, 0.4) is 0 Å². The summed E-state index contributed by atoms with van der Waals surface area (Å²) in [5.41, 5.74) is 7.80. The highest BCUT2D eigenvalue weighted by Gasteiger charge is 2.63. The molecule has 0 aromatic heterocycles. The van der Waals surface area contributed by atoms with Crippen molar-refractivity contribution in [2.24, 2.45) is 0 Å². The van der Waals surface area contributed by atoms with E-state index in [1.54, 1.807) is 0 Å². The van der Waals surface area contributed by atoms with E-state index >= 15 is 0 Å². The molecule has 0 N–H and O–H groups in total. The van der Waals surface area contributed by atoms with Crippen LogP contribution in [0.25, 0.3) is 18.2 Å². The molecule has 6 atom stereocenters. The molecule has 2 heterocycles. The Labute approximate surface area is 574 Å². The fraction of sp³-hybridized carbons (Fsp3) is 0.711. The average molecular weight is 1290 g/mol. The van der Waals surface area contributed by atoms with Gasteiger partial charge >= 0.3 is 0 Å². The zero-order chi connectivity index (χ0) is 66.4. The zero-order valence-corrected chi connectivity index (χ0v) is 61.4. The second kappa shape index (κ2) is 35.5. The van der Waals surface area contributed by atoms with Gasteiger partial charge in [-0.1, -0.05) is 188 Å². The SMILES string of the molecule is C=Cc1ccc(CN(C)C2C(N(C(C)C)C(C)C)C2N(C(C)C)C(C)C)cc1.C=Cc1ccc(CN(C)C2C(N(C3CCCCC3)C3CCCCC3)C2N(C2CCCCC2)C2CCCCC2)cc1.C=Cc1ccc(CN(C)C2C(N3CCOCC3)C2N2CCOCC2)cc1. The summed E-state index contributed by atoms with van der Waals surface area (Å²) in [5, 5.41) is 0. The lowest BCUT2D eigenvalue weighted by atomic mass is 9.87. The Bertz CT molecular complexity index is 2550. The second-order valence-corrected chi connectivity index (χ2v) is 31.6. The molecule has 3 aromatic carbocycles. The van der Waals surface area contributed by atoms with Gasteiger partial charge in [0.05, 0.1) is 26.4 Å². The lowest BCUT2D eigenvalue weighted by molar-refractivity contribution is 0.0121. The molecule has 11 heteroatoms. The summed E-state index contributed by atoms with van der Waals surface area (Å²) < 4.78 is 11.1. The quantitative estimate of drug-likeness (QED) is 0.0772. The third-order valence-corrected chi connectivity index (χ3v) is 23.9. The van der Waals surface area contributed by atoms with Gasteiger partial charge in [0.2, 0.25) is 0 Å². The topological polar surface area (TPSA) is 47.6 Å². The molecular weight excluding hydrogens is 1150 g/mol. The molecule has 7 aliphatic carbocycles. The predicted molar refractivity (Wildman–Crippen MR) is 398 cm³/mol. The minimum absolute atomic E-state index is 0.555. The summed E-state index contributed by atoms with van der Waals surface area (Å²) in [4.78, 5) is 25.1. The van der Waals surface area contributed by atoms with Crippen LogP contribution in [-0.2, 0) is 29.1 Å².